The molecule has 20 heavy (non-hydrogen) atoms. The Morgan fingerprint density at radius 1 is 1.20 bits per heavy atom. The molecule has 0 bridgehead atoms. The van der Waals surface area contributed by atoms with Gasteiger partial charge in [0.2, 0.25) is 0 Å². The van der Waals surface area contributed by atoms with Crippen LogP contribution in [0.5, 0.6) is 0 Å². The molecule has 0 spiro atoms. The maximum absolute atomic E-state index is 12.1. The van der Waals surface area contributed by atoms with Gasteiger partial charge in [0.15, 0.2) is 5.78 Å². The second kappa shape index (κ2) is 7.20. The maximum Gasteiger partial charge on any atom is 0.173 e. The van der Waals surface area contributed by atoms with Crippen LogP contribution in [0.3, 0.4) is 0 Å². The Morgan fingerprint density at radius 2 is 1.80 bits per heavy atom. The summed E-state index contributed by atoms with van der Waals surface area (Å²) < 4.78 is 0.846. The minimum absolute atomic E-state index is 0.145. The Morgan fingerprint density at radius 3 is 2.40 bits per heavy atom. The van der Waals surface area contributed by atoms with Crippen molar-refractivity contribution in [2.45, 2.75) is 6.92 Å². The predicted octanol–water partition coefficient (Wildman–Crippen LogP) is 2.44. The van der Waals surface area contributed by atoms with Crippen LogP contribution in [0.15, 0.2) is 24.3 Å². The van der Waals surface area contributed by atoms with Gasteiger partial charge in [0, 0.05) is 31.7 Å². The lowest BCUT2D eigenvalue weighted by Gasteiger charge is -2.33. The van der Waals surface area contributed by atoms with Crippen LogP contribution in [0.1, 0.15) is 15.9 Å². The first-order chi connectivity index (χ1) is 9.56. The first-order valence-electron chi connectivity index (χ1n) is 6.76. The summed E-state index contributed by atoms with van der Waals surface area (Å²) in [5, 5.41) is 0. The van der Waals surface area contributed by atoms with Gasteiger partial charge in [-0.3, -0.25) is 4.79 Å². The van der Waals surface area contributed by atoms with Crippen molar-refractivity contribution in [2.24, 2.45) is 0 Å². The molecule has 3 nitrogen and oxygen atoms in total. The van der Waals surface area contributed by atoms with Crippen LogP contribution in [0, 0.1) is 6.92 Å². The van der Waals surface area contributed by atoms with Crippen molar-refractivity contribution in [3.8, 4) is 0 Å². The number of piperazine rings is 1. The number of likely N-dealkylation sites (N-methyl/N-ethyl adjacent to an activating group) is 1. The molecule has 0 aliphatic carbocycles. The molecule has 1 fully saturated rings. The van der Waals surface area contributed by atoms with Gasteiger partial charge in [0.1, 0.15) is 4.32 Å². The smallest absolute Gasteiger partial charge is 0.173 e. The van der Waals surface area contributed by atoms with Gasteiger partial charge in [-0.15, -0.1) is 0 Å². The van der Waals surface area contributed by atoms with Crippen LogP contribution in [-0.2, 0) is 0 Å². The summed E-state index contributed by atoms with van der Waals surface area (Å²) in [7, 11) is 2.12. The molecule has 2 rings (SSSR count). The van der Waals surface area contributed by atoms with E-state index in [2.05, 4.69) is 16.8 Å². The second-order valence-electron chi connectivity index (χ2n) is 5.13. The van der Waals surface area contributed by atoms with Gasteiger partial charge in [-0.1, -0.05) is 53.8 Å². The molecule has 108 valence electrons. The summed E-state index contributed by atoms with van der Waals surface area (Å²) in [6.45, 7) is 6.01. The van der Waals surface area contributed by atoms with Gasteiger partial charge in [-0.05, 0) is 14.0 Å². The number of carbonyl (C=O) groups excluding carboxylic acids is 1. The van der Waals surface area contributed by atoms with Crippen molar-refractivity contribution in [3.63, 3.8) is 0 Å². The second-order valence-corrected chi connectivity index (χ2v) is 6.74. The van der Waals surface area contributed by atoms with Crippen molar-refractivity contribution >= 4 is 34.1 Å². The zero-order chi connectivity index (χ0) is 14.5. The highest BCUT2D eigenvalue weighted by molar-refractivity contribution is 8.23. The van der Waals surface area contributed by atoms with Crippen molar-refractivity contribution in [3.05, 3.63) is 35.4 Å². The Kier molecular flexibility index (Phi) is 5.57. The van der Waals surface area contributed by atoms with Crippen molar-refractivity contribution in [1.29, 1.82) is 0 Å². The van der Waals surface area contributed by atoms with E-state index < -0.39 is 0 Å². The van der Waals surface area contributed by atoms with Gasteiger partial charge < -0.3 is 9.80 Å². The summed E-state index contributed by atoms with van der Waals surface area (Å²) >= 11 is 6.90. The first kappa shape index (κ1) is 15.5. The molecule has 1 heterocycles. The minimum Gasteiger partial charge on any atom is -0.355 e. The van der Waals surface area contributed by atoms with E-state index in [4.69, 9.17) is 12.2 Å². The SMILES string of the molecule is Cc1ccc(C(=O)CSC(=S)N2CCN(C)CC2)cc1. The van der Waals surface area contributed by atoms with E-state index in [1.165, 1.54) is 17.3 Å². The third kappa shape index (κ3) is 4.30. The largest absolute Gasteiger partial charge is 0.355 e. The fourth-order valence-corrected chi connectivity index (χ4v) is 3.18. The lowest BCUT2D eigenvalue weighted by molar-refractivity contribution is 0.102. The fraction of sp³-hybridized carbons (Fsp3) is 0.467. The number of ketones is 1. The van der Waals surface area contributed by atoms with Crippen molar-refractivity contribution in [1.82, 2.24) is 9.80 Å². The monoisotopic (exact) mass is 308 g/mol. The Hall–Kier alpha value is -0.910. The molecule has 0 radical (unpaired) electrons. The molecule has 1 saturated heterocycles. The number of nitrogens with zero attached hydrogens (tertiary/aromatic N) is 2. The van der Waals surface area contributed by atoms with Gasteiger partial charge in [-0.25, -0.2) is 0 Å². The normalized spacial score (nSPS) is 16.2. The standard InChI is InChI=1S/C15H20N2OS2/c1-12-3-5-13(6-4-12)14(18)11-20-15(19)17-9-7-16(2)8-10-17/h3-6H,7-11H2,1-2H3. The number of benzene rings is 1. The van der Waals surface area contributed by atoms with Crippen LogP contribution in [0.25, 0.3) is 0 Å². The van der Waals surface area contributed by atoms with Gasteiger partial charge in [0.25, 0.3) is 0 Å². The molecule has 1 aromatic carbocycles. The van der Waals surface area contributed by atoms with Crippen LogP contribution < -0.4 is 0 Å². The van der Waals surface area contributed by atoms with E-state index in [0.29, 0.717) is 5.75 Å². The fourth-order valence-electron chi connectivity index (χ4n) is 2.03. The Labute approximate surface area is 130 Å². The van der Waals surface area contributed by atoms with Crippen molar-refractivity contribution in [2.75, 3.05) is 39.0 Å². The summed E-state index contributed by atoms with van der Waals surface area (Å²) in [6.07, 6.45) is 0. The van der Waals surface area contributed by atoms with Crippen LogP contribution in [0.2, 0.25) is 0 Å². The predicted molar refractivity (Wildman–Crippen MR) is 89.6 cm³/mol. The average Bonchev–Trinajstić information content (AvgIpc) is 2.46. The summed E-state index contributed by atoms with van der Waals surface area (Å²) in [5.41, 5.74) is 1.94. The molecule has 0 amide bonds. The molecule has 5 heteroatoms. The number of hydrogen-bond donors (Lipinski definition) is 0. The van der Waals surface area contributed by atoms with E-state index in [0.717, 1.165) is 36.1 Å². The summed E-state index contributed by atoms with van der Waals surface area (Å²) in [4.78, 5) is 16.6. The number of thioether (sulfide) groups is 1. The third-order valence-electron chi connectivity index (χ3n) is 3.46. The van der Waals surface area contributed by atoms with Crippen molar-refractivity contribution < 1.29 is 4.79 Å². The lowest BCUT2D eigenvalue weighted by atomic mass is 10.1. The number of rotatable bonds is 3. The van der Waals surface area contributed by atoms with Gasteiger partial charge in [0.05, 0.1) is 5.75 Å². The van der Waals surface area contributed by atoms with E-state index in [9.17, 15) is 4.79 Å². The van der Waals surface area contributed by atoms with Gasteiger partial charge in [-0.2, -0.15) is 0 Å². The highest BCUT2D eigenvalue weighted by Gasteiger charge is 2.17. The molecule has 1 aliphatic heterocycles. The topological polar surface area (TPSA) is 23.6 Å². The number of thiocarbonyl (C=S) groups is 1. The van der Waals surface area contributed by atoms with Crippen LogP contribution in [0.4, 0.5) is 0 Å². The molecular weight excluding hydrogens is 288 g/mol. The Bertz CT molecular complexity index is 479. The van der Waals surface area contributed by atoms with E-state index >= 15 is 0 Å². The zero-order valence-electron chi connectivity index (χ0n) is 12.0. The summed E-state index contributed by atoms with van der Waals surface area (Å²) in [6, 6.07) is 7.71. The number of hydrogen-bond acceptors (Lipinski definition) is 4. The number of Topliss-reactive ketones (excluding diaryl/α,β-unsaturated/α-hetero) is 1. The average molecular weight is 308 g/mol. The highest BCUT2D eigenvalue weighted by atomic mass is 32.2. The zero-order valence-corrected chi connectivity index (χ0v) is 13.6. The quantitative estimate of drug-likeness (QED) is 0.630. The summed E-state index contributed by atoms with van der Waals surface area (Å²) in [5.74, 6) is 0.570. The molecule has 0 saturated carbocycles. The molecular formula is C15H20N2OS2. The molecule has 0 N–H and O–H groups in total. The molecule has 1 aromatic rings. The maximum atomic E-state index is 12.1. The molecule has 0 atom stereocenters. The molecule has 0 aromatic heterocycles. The lowest BCUT2D eigenvalue weighted by Crippen LogP contribution is -2.45. The Balaban J connectivity index is 1.81. The van der Waals surface area contributed by atoms with E-state index in [1.807, 2.05) is 31.2 Å². The van der Waals surface area contributed by atoms with E-state index in [1.54, 1.807) is 0 Å². The first-order valence-corrected chi connectivity index (χ1v) is 8.16. The highest BCUT2D eigenvalue weighted by Crippen LogP contribution is 2.14. The molecule has 1 aliphatic rings. The number of aryl methyl sites for hydroxylation is 1. The van der Waals surface area contributed by atoms with Crippen LogP contribution in [-0.4, -0.2) is 58.9 Å². The van der Waals surface area contributed by atoms with Gasteiger partial charge >= 0.3 is 0 Å². The number of carbonyl (C=O) groups is 1. The van der Waals surface area contributed by atoms with Crippen LogP contribution >= 0.6 is 24.0 Å². The third-order valence-corrected chi connectivity index (χ3v) is 4.99. The molecule has 0 unspecified atom stereocenters. The minimum atomic E-state index is 0.145. The van der Waals surface area contributed by atoms with E-state index in [-0.39, 0.29) is 5.78 Å².